The minimum atomic E-state index is 1.07. The zero-order chi connectivity index (χ0) is 20.1. The maximum Gasteiger partial charge on any atom is 0.222 e. The van der Waals surface area contributed by atoms with E-state index in [0.29, 0.717) is 0 Å². The van der Waals surface area contributed by atoms with Gasteiger partial charge < -0.3 is 0 Å². The highest BCUT2D eigenvalue weighted by Gasteiger charge is 2.36. The highest BCUT2D eigenvalue weighted by Crippen LogP contribution is 2.44. The molecule has 0 spiro atoms. The minimum absolute atomic E-state index is 1.07. The van der Waals surface area contributed by atoms with Crippen molar-refractivity contribution < 1.29 is 4.57 Å². The summed E-state index contributed by atoms with van der Waals surface area (Å²) in [5.41, 5.74) is 13.9. The van der Waals surface area contributed by atoms with Gasteiger partial charge in [0, 0.05) is 16.7 Å². The molecular formula is C29H24N+. The summed E-state index contributed by atoms with van der Waals surface area (Å²) in [5, 5.41) is 0. The van der Waals surface area contributed by atoms with Crippen molar-refractivity contribution in [2.24, 2.45) is 0 Å². The highest BCUT2D eigenvalue weighted by atomic mass is 15.0. The molecule has 0 atom stereocenters. The molecule has 0 amide bonds. The predicted molar refractivity (Wildman–Crippen MR) is 124 cm³/mol. The van der Waals surface area contributed by atoms with E-state index >= 15 is 0 Å². The van der Waals surface area contributed by atoms with Gasteiger partial charge in [0.1, 0.15) is 0 Å². The van der Waals surface area contributed by atoms with Crippen molar-refractivity contribution in [2.75, 3.05) is 0 Å². The van der Waals surface area contributed by atoms with Crippen LogP contribution in [0.5, 0.6) is 0 Å². The summed E-state index contributed by atoms with van der Waals surface area (Å²) in [5.74, 6) is 0. The van der Waals surface area contributed by atoms with Crippen LogP contribution in [0.15, 0.2) is 85.4 Å². The highest BCUT2D eigenvalue weighted by molar-refractivity contribution is 5.85. The molecule has 2 aliphatic rings. The van der Waals surface area contributed by atoms with Gasteiger partial charge in [-0.3, -0.25) is 0 Å². The summed E-state index contributed by atoms with van der Waals surface area (Å²) >= 11 is 0. The van der Waals surface area contributed by atoms with Crippen molar-refractivity contribution in [1.82, 2.24) is 0 Å². The van der Waals surface area contributed by atoms with E-state index in [0.717, 1.165) is 25.7 Å². The van der Waals surface area contributed by atoms with Crippen molar-refractivity contribution in [3.63, 3.8) is 0 Å². The van der Waals surface area contributed by atoms with Gasteiger partial charge in [0.15, 0.2) is 6.20 Å². The average Bonchev–Trinajstić information content (AvgIpc) is 2.82. The molecule has 1 nitrogen and oxygen atoms in total. The first-order chi connectivity index (χ1) is 14.9. The zero-order valence-electron chi connectivity index (χ0n) is 17.1. The van der Waals surface area contributed by atoms with Crippen molar-refractivity contribution in [3.8, 4) is 33.6 Å². The number of hydrogen-bond donors (Lipinski definition) is 0. The Morgan fingerprint density at radius 2 is 1.10 bits per heavy atom. The van der Waals surface area contributed by atoms with Crippen molar-refractivity contribution >= 4 is 6.20 Å². The molecule has 6 rings (SSSR count). The molecule has 4 aromatic rings. The van der Waals surface area contributed by atoms with Crippen LogP contribution in [0, 0.1) is 0 Å². The van der Waals surface area contributed by atoms with Crippen LogP contribution in [0.3, 0.4) is 0 Å². The Hall–Kier alpha value is -3.45. The quantitative estimate of drug-likeness (QED) is 0.357. The second-order valence-corrected chi connectivity index (χ2v) is 8.26. The standard InChI is InChI=1S/C29H24N/c1-2-30-28-23-14-8-6-10-20(23)16-18-25(28)27(22-12-4-3-5-13-22)26-19-17-21-11-7-9-15-24(21)29(26)30/h2-15H,1,16-19H2/q+1. The normalized spacial score (nSPS) is 13.6. The number of fused-ring (bicyclic) bond motifs is 6. The van der Waals surface area contributed by atoms with Crippen LogP contribution in [0.1, 0.15) is 22.3 Å². The lowest BCUT2D eigenvalue weighted by Crippen LogP contribution is -2.38. The third kappa shape index (κ3) is 2.45. The van der Waals surface area contributed by atoms with Gasteiger partial charge in [-0.2, -0.15) is 4.57 Å². The van der Waals surface area contributed by atoms with E-state index in [1.54, 1.807) is 0 Å². The summed E-state index contributed by atoms with van der Waals surface area (Å²) in [6, 6.07) is 28.8. The van der Waals surface area contributed by atoms with E-state index in [1.165, 1.54) is 55.9 Å². The lowest BCUT2D eigenvalue weighted by molar-refractivity contribution is -0.544. The molecule has 1 heterocycles. The monoisotopic (exact) mass is 386 g/mol. The number of benzene rings is 3. The van der Waals surface area contributed by atoms with Crippen molar-refractivity contribution in [2.45, 2.75) is 25.7 Å². The van der Waals surface area contributed by atoms with Gasteiger partial charge in [0.25, 0.3) is 0 Å². The molecule has 0 unspecified atom stereocenters. The number of rotatable bonds is 2. The lowest BCUT2D eigenvalue weighted by Gasteiger charge is -2.27. The van der Waals surface area contributed by atoms with E-state index in [9.17, 15) is 0 Å². The smallest absolute Gasteiger partial charge is 0.160 e. The van der Waals surface area contributed by atoms with E-state index in [2.05, 4.69) is 90.0 Å². The van der Waals surface area contributed by atoms with Gasteiger partial charge >= 0.3 is 0 Å². The molecule has 0 bridgehead atoms. The van der Waals surface area contributed by atoms with Gasteiger partial charge in [-0.25, -0.2) is 0 Å². The molecule has 0 radical (unpaired) electrons. The molecule has 0 saturated heterocycles. The molecule has 1 aromatic heterocycles. The third-order valence-electron chi connectivity index (χ3n) is 6.74. The maximum atomic E-state index is 4.26. The number of hydrogen-bond acceptors (Lipinski definition) is 0. The maximum absolute atomic E-state index is 4.26. The fourth-order valence-corrected chi connectivity index (χ4v) is 5.49. The van der Waals surface area contributed by atoms with Gasteiger partial charge in [-0.05, 0) is 61.1 Å². The van der Waals surface area contributed by atoms with Crippen LogP contribution < -0.4 is 4.57 Å². The molecule has 2 aliphatic carbocycles. The number of aryl methyl sites for hydroxylation is 2. The van der Waals surface area contributed by atoms with Gasteiger partial charge in [0.2, 0.25) is 11.4 Å². The molecule has 0 aliphatic heterocycles. The number of nitrogens with zero attached hydrogens (tertiary/aromatic N) is 1. The van der Waals surface area contributed by atoms with E-state index in [4.69, 9.17) is 0 Å². The van der Waals surface area contributed by atoms with E-state index in [-0.39, 0.29) is 0 Å². The van der Waals surface area contributed by atoms with Crippen LogP contribution in [0.2, 0.25) is 0 Å². The van der Waals surface area contributed by atoms with Crippen LogP contribution >= 0.6 is 0 Å². The largest absolute Gasteiger partial charge is 0.222 e. The topological polar surface area (TPSA) is 3.88 Å². The van der Waals surface area contributed by atoms with Gasteiger partial charge in [-0.15, -0.1) is 0 Å². The van der Waals surface area contributed by atoms with Crippen LogP contribution in [-0.2, 0) is 25.7 Å². The molecule has 1 heteroatoms. The fourth-order valence-electron chi connectivity index (χ4n) is 5.49. The first-order valence-corrected chi connectivity index (χ1v) is 10.8. The SMILES string of the molecule is C=C[n+]1c2c(c(-c3ccccc3)c3c1-c1ccccc1CC3)CCc1ccccc1-2. The Labute approximate surface area is 178 Å². The Balaban J connectivity index is 1.80. The summed E-state index contributed by atoms with van der Waals surface area (Å²) in [6.07, 6.45) is 6.35. The summed E-state index contributed by atoms with van der Waals surface area (Å²) < 4.78 is 2.38. The van der Waals surface area contributed by atoms with Crippen LogP contribution in [0.25, 0.3) is 39.8 Å². The second-order valence-electron chi connectivity index (χ2n) is 8.26. The predicted octanol–water partition coefficient (Wildman–Crippen LogP) is 6.27. The van der Waals surface area contributed by atoms with E-state index in [1.807, 2.05) is 6.20 Å². The molecule has 30 heavy (non-hydrogen) atoms. The molecule has 0 saturated carbocycles. The first kappa shape index (κ1) is 17.4. The molecule has 0 N–H and O–H groups in total. The van der Waals surface area contributed by atoms with Crippen LogP contribution in [0.4, 0.5) is 0 Å². The van der Waals surface area contributed by atoms with Gasteiger partial charge in [-0.1, -0.05) is 66.7 Å². The Morgan fingerprint density at radius 1 is 0.600 bits per heavy atom. The first-order valence-electron chi connectivity index (χ1n) is 10.8. The van der Waals surface area contributed by atoms with Crippen LogP contribution in [-0.4, -0.2) is 0 Å². The number of aromatic nitrogens is 1. The van der Waals surface area contributed by atoms with Crippen molar-refractivity contribution in [3.05, 3.63) is 108 Å². The molecule has 3 aromatic carbocycles. The minimum Gasteiger partial charge on any atom is -0.160 e. The third-order valence-corrected chi connectivity index (χ3v) is 6.74. The number of pyridine rings is 1. The Kier molecular flexibility index (Phi) is 3.95. The summed E-state index contributed by atoms with van der Waals surface area (Å²) in [7, 11) is 0. The Bertz CT molecular complexity index is 1220. The average molecular weight is 387 g/mol. The summed E-state index contributed by atoms with van der Waals surface area (Å²) in [4.78, 5) is 0. The van der Waals surface area contributed by atoms with Crippen molar-refractivity contribution in [1.29, 1.82) is 0 Å². The fraction of sp³-hybridized carbons (Fsp3) is 0.138. The zero-order valence-corrected chi connectivity index (χ0v) is 17.1. The molecular weight excluding hydrogens is 362 g/mol. The molecule has 0 fully saturated rings. The van der Waals surface area contributed by atoms with E-state index < -0.39 is 0 Å². The second kappa shape index (κ2) is 6.81. The lowest BCUT2D eigenvalue weighted by atomic mass is 9.78. The summed E-state index contributed by atoms with van der Waals surface area (Å²) in [6.45, 7) is 4.26. The molecule has 144 valence electrons. The Morgan fingerprint density at radius 3 is 1.63 bits per heavy atom. The van der Waals surface area contributed by atoms with Gasteiger partial charge in [0.05, 0.1) is 11.1 Å².